The average molecular weight is 924 g/mol. The molecule has 0 saturated heterocycles. The van der Waals surface area contributed by atoms with Gasteiger partial charge in [-0.2, -0.15) is 0 Å². The summed E-state index contributed by atoms with van der Waals surface area (Å²) in [5.41, 5.74) is -3.53. The summed E-state index contributed by atoms with van der Waals surface area (Å²) in [6, 6.07) is -2.70. The van der Waals surface area contributed by atoms with Crippen LogP contribution in [-0.2, 0) is 57.3 Å². The smallest absolute Gasteiger partial charge is 0.329 e. The Balaban J connectivity index is 5.07. The Kier molecular flexibility index (Phi) is 28.8. The van der Waals surface area contributed by atoms with E-state index in [1.807, 2.05) is 20.8 Å². The summed E-state index contributed by atoms with van der Waals surface area (Å²) in [4.78, 5) is 101. The lowest BCUT2D eigenvalue weighted by Crippen LogP contribution is -2.48. The summed E-state index contributed by atoms with van der Waals surface area (Å²) < 4.78 is 22.2. The van der Waals surface area contributed by atoms with Crippen LogP contribution in [0, 0.1) is 0 Å². The molecule has 0 spiro atoms. The molecule has 3 amide bonds. The number of hydrogen-bond donors (Lipinski definition) is 4. The van der Waals surface area contributed by atoms with Gasteiger partial charge in [-0.15, -0.1) is 0 Å². The number of carbonyl (C=O) groups is 7. The Labute approximate surface area is 389 Å². The molecular formula is C49H85N3O13. The number of unbranched alkanes of at least 4 members (excludes halogenated alkanes) is 13. The molecule has 374 valence electrons. The monoisotopic (exact) mass is 924 g/mol. The summed E-state index contributed by atoms with van der Waals surface area (Å²) in [7, 11) is 0. The highest BCUT2D eigenvalue weighted by molar-refractivity contribution is 6.02. The van der Waals surface area contributed by atoms with Crippen LogP contribution >= 0.6 is 0 Å². The van der Waals surface area contributed by atoms with E-state index in [-0.39, 0.29) is 37.6 Å². The Hall–Kier alpha value is -4.30. The molecule has 0 aliphatic carbocycles. The van der Waals surface area contributed by atoms with E-state index in [0.717, 1.165) is 44.9 Å². The first-order valence-corrected chi connectivity index (χ1v) is 23.7. The van der Waals surface area contributed by atoms with Gasteiger partial charge in [0.05, 0.1) is 5.60 Å². The van der Waals surface area contributed by atoms with E-state index in [0.29, 0.717) is 12.8 Å². The third-order valence-corrected chi connectivity index (χ3v) is 9.39. The molecule has 65 heavy (non-hydrogen) atoms. The lowest BCUT2D eigenvalue weighted by atomic mass is 10.0. The van der Waals surface area contributed by atoms with Gasteiger partial charge in [0.2, 0.25) is 11.8 Å². The molecule has 0 unspecified atom stereocenters. The second-order valence-electron chi connectivity index (χ2n) is 20.8. The number of amides is 3. The lowest BCUT2D eigenvalue weighted by Gasteiger charge is -2.29. The van der Waals surface area contributed by atoms with Crippen molar-refractivity contribution in [3.8, 4) is 0 Å². The number of carboxylic acids is 1. The van der Waals surface area contributed by atoms with Crippen molar-refractivity contribution in [1.82, 2.24) is 16.0 Å². The highest BCUT2D eigenvalue weighted by Crippen LogP contribution is 2.19. The predicted molar refractivity (Wildman–Crippen MR) is 248 cm³/mol. The quantitative estimate of drug-likeness (QED) is 0.0124. The minimum absolute atomic E-state index is 0.118. The molecule has 16 nitrogen and oxygen atoms in total. The van der Waals surface area contributed by atoms with Crippen LogP contribution in [0.4, 0.5) is 0 Å². The van der Waals surface area contributed by atoms with Gasteiger partial charge in [-0.25, -0.2) is 14.4 Å². The number of carboxylic acid groups (broad SMARTS) is 1. The molecule has 3 atom stereocenters. The fourth-order valence-electron chi connectivity index (χ4n) is 6.53. The molecule has 0 radical (unpaired) electrons. The molecule has 0 aromatic carbocycles. The van der Waals surface area contributed by atoms with E-state index in [4.69, 9.17) is 24.1 Å². The van der Waals surface area contributed by atoms with Gasteiger partial charge in [0.1, 0.15) is 46.6 Å². The molecule has 0 saturated carbocycles. The fourth-order valence-corrected chi connectivity index (χ4v) is 6.53. The van der Waals surface area contributed by atoms with Crippen molar-refractivity contribution in [2.45, 2.75) is 259 Å². The normalized spacial score (nSPS) is 13.4. The number of ether oxygens (including phenoxy) is 4. The first-order chi connectivity index (χ1) is 30.0. The summed E-state index contributed by atoms with van der Waals surface area (Å²) in [5, 5.41) is 16.9. The predicted octanol–water partition coefficient (Wildman–Crippen LogP) is 8.27. The van der Waals surface area contributed by atoms with Gasteiger partial charge in [-0.1, -0.05) is 77.0 Å². The standard InChI is InChI=1S/C49H85N3O13/c1-46(2,3)62-40(52-38(54)27-25-23-21-19-17-15-13-14-16-18-20-22-24-26-28-42(58)63-47(4,5)6)33-35(34-53)43(59)51-37(45(61)65-49(10,11)12)29-31-39(55)50-36(30-32-41(56)57)44(60)64-48(7,8)9/h36-37,40H,13-33H2,1-12H3,(H,50,55)(H,51,59)(H,52,54)(H,56,57)/t36-,37-,40-/m0/s1. The van der Waals surface area contributed by atoms with Crippen molar-refractivity contribution in [2.75, 3.05) is 0 Å². The zero-order chi connectivity index (χ0) is 49.9. The maximum Gasteiger partial charge on any atom is 0.329 e. The van der Waals surface area contributed by atoms with Crippen molar-refractivity contribution in [1.29, 1.82) is 0 Å². The van der Waals surface area contributed by atoms with Crippen LogP contribution in [0.1, 0.15) is 218 Å². The number of aliphatic carboxylic acids is 1. The second-order valence-corrected chi connectivity index (χ2v) is 20.8. The van der Waals surface area contributed by atoms with Gasteiger partial charge in [0.25, 0.3) is 5.91 Å². The lowest BCUT2D eigenvalue weighted by molar-refractivity contribution is -0.160. The molecular weight excluding hydrogens is 839 g/mol. The summed E-state index contributed by atoms with van der Waals surface area (Å²) in [6.45, 7) is 20.7. The van der Waals surface area contributed by atoms with Crippen LogP contribution in [0.2, 0.25) is 0 Å². The maximum absolute atomic E-state index is 13.5. The molecule has 0 aliphatic heterocycles. The van der Waals surface area contributed by atoms with E-state index in [2.05, 4.69) is 16.0 Å². The second kappa shape index (κ2) is 30.8. The molecule has 16 heteroatoms. The zero-order valence-electron chi connectivity index (χ0n) is 41.9. The fraction of sp³-hybridized carbons (Fsp3) is 0.816. The van der Waals surface area contributed by atoms with E-state index >= 15 is 0 Å². The molecule has 0 aromatic heterocycles. The van der Waals surface area contributed by atoms with Crippen LogP contribution in [0.3, 0.4) is 0 Å². The van der Waals surface area contributed by atoms with E-state index in [1.165, 1.54) is 38.5 Å². The Morgan fingerprint density at radius 3 is 1.26 bits per heavy atom. The van der Waals surface area contributed by atoms with Crippen molar-refractivity contribution < 1.29 is 62.4 Å². The van der Waals surface area contributed by atoms with Gasteiger partial charge in [-0.05, 0) is 109 Å². The van der Waals surface area contributed by atoms with E-state index in [9.17, 15) is 38.4 Å². The Morgan fingerprint density at radius 2 is 0.862 bits per heavy atom. The molecule has 4 N–H and O–H groups in total. The van der Waals surface area contributed by atoms with Crippen LogP contribution < -0.4 is 16.0 Å². The largest absolute Gasteiger partial charge is 0.481 e. The Bertz CT molecular complexity index is 1540. The topological polar surface area (TPSA) is 230 Å². The van der Waals surface area contributed by atoms with Crippen LogP contribution in [0.15, 0.2) is 5.57 Å². The van der Waals surface area contributed by atoms with Crippen molar-refractivity contribution >= 4 is 47.5 Å². The van der Waals surface area contributed by atoms with Crippen LogP contribution in [0.25, 0.3) is 0 Å². The van der Waals surface area contributed by atoms with Crippen molar-refractivity contribution in [2.24, 2.45) is 0 Å². The number of nitrogens with one attached hydrogen (secondary N) is 3. The average Bonchev–Trinajstić information content (AvgIpc) is 3.13. The highest BCUT2D eigenvalue weighted by atomic mass is 16.6. The van der Waals surface area contributed by atoms with Gasteiger partial charge in [-0.3, -0.25) is 24.0 Å². The summed E-state index contributed by atoms with van der Waals surface area (Å²) >= 11 is 0. The number of esters is 3. The van der Waals surface area contributed by atoms with Gasteiger partial charge < -0.3 is 40.0 Å². The third-order valence-electron chi connectivity index (χ3n) is 9.39. The van der Waals surface area contributed by atoms with E-state index < -0.39 is 88.9 Å². The molecule has 0 aliphatic rings. The summed E-state index contributed by atoms with van der Waals surface area (Å²) in [5.74, 6) is -3.40. The maximum atomic E-state index is 13.5. The van der Waals surface area contributed by atoms with Crippen molar-refractivity contribution in [3.05, 3.63) is 5.57 Å². The third kappa shape index (κ3) is 35.6. The van der Waals surface area contributed by atoms with Gasteiger partial charge >= 0.3 is 23.9 Å². The Morgan fingerprint density at radius 1 is 0.477 bits per heavy atom. The highest BCUT2D eigenvalue weighted by Gasteiger charge is 2.32. The summed E-state index contributed by atoms with van der Waals surface area (Å²) in [6.07, 6.45) is 13.0. The minimum atomic E-state index is -1.42. The SMILES string of the molecule is CC(C)(C)OC(=O)CCCCCCCCCCCCCCCCC(=O)N[C@H](CC(=C=O)C(=O)N[C@@H](CCC(=O)N[C@@H](CCC(=O)O)C(=O)OC(C)(C)C)C(=O)OC(C)(C)C)OC(C)(C)C. The molecule has 0 heterocycles. The van der Waals surface area contributed by atoms with Crippen LogP contribution in [0.5, 0.6) is 0 Å². The first-order valence-electron chi connectivity index (χ1n) is 23.7. The first kappa shape index (κ1) is 60.7. The molecule has 0 aromatic rings. The number of rotatable bonds is 32. The van der Waals surface area contributed by atoms with Gasteiger partial charge in [0, 0.05) is 32.1 Å². The molecule has 0 rings (SSSR count). The van der Waals surface area contributed by atoms with E-state index in [1.54, 1.807) is 68.3 Å². The van der Waals surface area contributed by atoms with Crippen LogP contribution in [-0.4, -0.2) is 93.4 Å². The number of carbonyl (C=O) groups excluding carboxylic acids is 7. The minimum Gasteiger partial charge on any atom is -0.481 e. The van der Waals surface area contributed by atoms with Crippen molar-refractivity contribution in [3.63, 3.8) is 0 Å². The van der Waals surface area contributed by atoms with Gasteiger partial charge in [0.15, 0.2) is 0 Å². The zero-order valence-corrected chi connectivity index (χ0v) is 41.9. The molecule has 0 fully saturated rings. The number of hydrogen-bond acceptors (Lipinski definition) is 12. The molecule has 0 bridgehead atoms.